The second-order valence-corrected chi connectivity index (χ2v) is 7.09. The summed E-state index contributed by atoms with van der Waals surface area (Å²) in [6, 6.07) is 7.40. The van der Waals surface area contributed by atoms with Crippen LogP contribution in [0.3, 0.4) is 0 Å². The summed E-state index contributed by atoms with van der Waals surface area (Å²) in [4.78, 5) is 24.6. The van der Waals surface area contributed by atoms with Crippen molar-refractivity contribution in [2.45, 2.75) is 64.0 Å². The zero-order valence-electron chi connectivity index (χ0n) is 16.5. The van der Waals surface area contributed by atoms with E-state index in [-0.39, 0.29) is 18.4 Å². The zero-order valence-corrected chi connectivity index (χ0v) is 16.5. The van der Waals surface area contributed by atoms with Gasteiger partial charge in [0.05, 0.1) is 18.8 Å². The molecule has 0 saturated carbocycles. The molecule has 2 rings (SSSR count). The summed E-state index contributed by atoms with van der Waals surface area (Å²) >= 11 is 0. The third-order valence-electron chi connectivity index (χ3n) is 4.94. The van der Waals surface area contributed by atoms with Crippen molar-refractivity contribution in [1.82, 2.24) is 4.90 Å². The van der Waals surface area contributed by atoms with E-state index < -0.39 is 12.1 Å². The van der Waals surface area contributed by atoms with E-state index in [0.717, 1.165) is 37.0 Å². The average molecular weight is 389 g/mol. The van der Waals surface area contributed by atoms with E-state index in [0.29, 0.717) is 26.0 Å². The lowest BCUT2D eigenvalue weighted by Gasteiger charge is -2.22. The van der Waals surface area contributed by atoms with Gasteiger partial charge < -0.3 is 19.8 Å². The molecule has 0 aromatic heterocycles. The van der Waals surface area contributed by atoms with Crippen LogP contribution in [0, 0.1) is 0 Å². The number of rotatable bonds is 12. The lowest BCUT2D eigenvalue weighted by molar-refractivity contribution is -0.137. The number of likely N-dealkylation sites (tertiary alicyclic amines) is 1. The fraction of sp³-hybridized carbons (Fsp3) is 0.545. The summed E-state index contributed by atoms with van der Waals surface area (Å²) in [6.07, 6.45) is 7.76. The lowest BCUT2D eigenvalue weighted by Crippen LogP contribution is -2.32. The van der Waals surface area contributed by atoms with Gasteiger partial charge in [0.25, 0.3) is 0 Å². The average Bonchev–Trinajstić information content (AvgIpc) is 3.02. The minimum absolute atomic E-state index is 0.0104. The largest absolute Gasteiger partial charge is 0.494 e. The molecule has 6 heteroatoms. The van der Waals surface area contributed by atoms with Crippen molar-refractivity contribution < 1.29 is 24.5 Å². The Morgan fingerprint density at radius 1 is 1.32 bits per heavy atom. The minimum Gasteiger partial charge on any atom is -0.494 e. The molecule has 1 aliphatic rings. The quantitative estimate of drug-likeness (QED) is 0.420. The van der Waals surface area contributed by atoms with E-state index in [1.807, 2.05) is 42.2 Å². The number of carboxylic acids is 1. The van der Waals surface area contributed by atoms with Crippen molar-refractivity contribution in [3.05, 3.63) is 42.0 Å². The number of carboxylic acid groups (broad SMARTS) is 1. The molecule has 1 aromatic carbocycles. The van der Waals surface area contributed by atoms with E-state index >= 15 is 0 Å². The molecule has 1 aliphatic heterocycles. The Morgan fingerprint density at radius 2 is 2.11 bits per heavy atom. The van der Waals surface area contributed by atoms with E-state index in [9.17, 15) is 14.7 Å². The predicted octanol–water partition coefficient (Wildman–Crippen LogP) is 3.70. The number of carbonyl (C=O) groups is 2. The monoisotopic (exact) mass is 389 g/mol. The number of aliphatic carboxylic acids is 1. The van der Waals surface area contributed by atoms with E-state index in [1.54, 1.807) is 6.08 Å². The fourth-order valence-corrected chi connectivity index (χ4v) is 3.46. The Labute approximate surface area is 166 Å². The first-order chi connectivity index (χ1) is 13.5. The summed E-state index contributed by atoms with van der Waals surface area (Å²) < 4.78 is 5.47. The highest BCUT2D eigenvalue weighted by Crippen LogP contribution is 2.24. The van der Waals surface area contributed by atoms with E-state index in [4.69, 9.17) is 9.84 Å². The number of amides is 1. The number of hydrogen-bond acceptors (Lipinski definition) is 4. The molecule has 28 heavy (non-hydrogen) atoms. The van der Waals surface area contributed by atoms with Crippen LogP contribution in [0.25, 0.3) is 0 Å². The summed E-state index contributed by atoms with van der Waals surface area (Å²) in [5.74, 6) is 0.117. The number of ether oxygens (including phenoxy) is 1. The van der Waals surface area contributed by atoms with Crippen LogP contribution in [0.5, 0.6) is 5.75 Å². The van der Waals surface area contributed by atoms with Gasteiger partial charge in [-0.05, 0) is 43.9 Å². The molecule has 6 nitrogen and oxygen atoms in total. The third-order valence-corrected chi connectivity index (χ3v) is 4.94. The Bertz CT molecular complexity index is 673. The Hall–Kier alpha value is -2.34. The molecule has 2 atom stereocenters. The first kappa shape index (κ1) is 22.0. The summed E-state index contributed by atoms with van der Waals surface area (Å²) in [5.41, 5.74) is 0.761. The molecular formula is C22H31NO5. The van der Waals surface area contributed by atoms with Crippen LogP contribution in [0.15, 0.2) is 36.4 Å². The maximum Gasteiger partial charge on any atom is 0.303 e. The maximum absolute atomic E-state index is 12.2. The standard InChI is InChI=1S/C22H31NO5/c1-2-28-19-9-7-8-17(16-19)20(24)13-11-18-12-14-21(25)23(18)15-6-4-3-5-10-22(26)27/h7-9,11,13,16,18,20,24H,2-6,10,12,14-15H2,1H3,(H,26,27)/t18?,20-/m1/s1. The molecule has 1 fully saturated rings. The highest BCUT2D eigenvalue weighted by atomic mass is 16.5. The molecule has 1 amide bonds. The van der Waals surface area contributed by atoms with Gasteiger partial charge in [-0.15, -0.1) is 0 Å². The first-order valence-corrected chi connectivity index (χ1v) is 10.1. The SMILES string of the molecule is CCOc1cccc([C@H](O)C=CC2CCC(=O)N2CCCCCCC(=O)O)c1. The number of nitrogens with zero attached hydrogens (tertiary/aromatic N) is 1. The van der Waals surface area contributed by atoms with Crippen LogP contribution >= 0.6 is 0 Å². The molecular weight excluding hydrogens is 358 g/mol. The molecule has 1 aromatic rings. The van der Waals surface area contributed by atoms with Gasteiger partial charge in [-0.25, -0.2) is 0 Å². The van der Waals surface area contributed by atoms with Crippen LogP contribution in [-0.2, 0) is 9.59 Å². The van der Waals surface area contributed by atoms with Crippen molar-refractivity contribution in [1.29, 1.82) is 0 Å². The molecule has 1 saturated heterocycles. The number of unbranched alkanes of at least 4 members (excludes halogenated alkanes) is 3. The van der Waals surface area contributed by atoms with Gasteiger partial charge in [0, 0.05) is 19.4 Å². The molecule has 154 valence electrons. The second kappa shape index (κ2) is 11.5. The number of benzene rings is 1. The van der Waals surface area contributed by atoms with Gasteiger partial charge in [-0.3, -0.25) is 9.59 Å². The molecule has 2 N–H and O–H groups in total. The molecule has 0 bridgehead atoms. The molecule has 0 spiro atoms. The highest BCUT2D eigenvalue weighted by molar-refractivity contribution is 5.79. The third kappa shape index (κ3) is 7.00. The Balaban J connectivity index is 1.84. The number of aliphatic hydroxyl groups is 1. The summed E-state index contributed by atoms with van der Waals surface area (Å²) in [7, 11) is 0. The second-order valence-electron chi connectivity index (χ2n) is 7.09. The fourth-order valence-electron chi connectivity index (χ4n) is 3.46. The zero-order chi connectivity index (χ0) is 20.4. The van der Waals surface area contributed by atoms with Crippen molar-refractivity contribution in [2.24, 2.45) is 0 Å². The molecule has 0 radical (unpaired) electrons. The van der Waals surface area contributed by atoms with E-state index in [1.165, 1.54) is 0 Å². The molecule has 1 unspecified atom stereocenters. The Morgan fingerprint density at radius 3 is 2.86 bits per heavy atom. The van der Waals surface area contributed by atoms with E-state index in [2.05, 4.69) is 0 Å². The van der Waals surface area contributed by atoms with Gasteiger partial charge in [0.2, 0.25) is 5.91 Å². The highest BCUT2D eigenvalue weighted by Gasteiger charge is 2.28. The minimum atomic E-state index is -0.759. The lowest BCUT2D eigenvalue weighted by atomic mass is 10.1. The normalized spacial score (nSPS) is 18.0. The van der Waals surface area contributed by atoms with Crippen molar-refractivity contribution in [2.75, 3.05) is 13.2 Å². The molecule has 1 heterocycles. The van der Waals surface area contributed by atoms with Crippen LogP contribution in [0.2, 0.25) is 0 Å². The van der Waals surface area contributed by atoms with Gasteiger partial charge in [0.1, 0.15) is 5.75 Å². The van der Waals surface area contributed by atoms with Gasteiger partial charge >= 0.3 is 5.97 Å². The smallest absolute Gasteiger partial charge is 0.303 e. The summed E-state index contributed by atoms with van der Waals surface area (Å²) in [5, 5.41) is 19.1. The van der Waals surface area contributed by atoms with Crippen LogP contribution < -0.4 is 4.74 Å². The van der Waals surface area contributed by atoms with Crippen LogP contribution in [-0.4, -0.2) is 46.2 Å². The van der Waals surface area contributed by atoms with Crippen LogP contribution in [0.1, 0.15) is 63.5 Å². The number of carbonyl (C=O) groups excluding carboxylic acids is 1. The predicted molar refractivity (Wildman–Crippen MR) is 107 cm³/mol. The van der Waals surface area contributed by atoms with Crippen LogP contribution in [0.4, 0.5) is 0 Å². The topological polar surface area (TPSA) is 87.1 Å². The van der Waals surface area contributed by atoms with Gasteiger partial charge in [0.15, 0.2) is 0 Å². The van der Waals surface area contributed by atoms with Gasteiger partial charge in [-0.2, -0.15) is 0 Å². The molecule has 0 aliphatic carbocycles. The summed E-state index contributed by atoms with van der Waals surface area (Å²) in [6.45, 7) is 3.17. The van der Waals surface area contributed by atoms with Gasteiger partial charge in [-0.1, -0.05) is 37.1 Å². The van der Waals surface area contributed by atoms with Crippen molar-refractivity contribution in [3.63, 3.8) is 0 Å². The Kier molecular flexibility index (Phi) is 9.01. The first-order valence-electron chi connectivity index (χ1n) is 10.1. The van der Waals surface area contributed by atoms with Crippen molar-refractivity contribution in [3.8, 4) is 5.75 Å². The van der Waals surface area contributed by atoms with Crippen molar-refractivity contribution >= 4 is 11.9 Å². The number of aliphatic hydroxyl groups excluding tert-OH is 1. The number of hydrogen-bond donors (Lipinski definition) is 2. The maximum atomic E-state index is 12.2.